The largest absolute Gasteiger partial charge is 0.478 e. The van der Waals surface area contributed by atoms with E-state index in [-0.39, 0.29) is 11.1 Å². The molecule has 6 nitrogen and oxygen atoms in total. The summed E-state index contributed by atoms with van der Waals surface area (Å²) in [6.45, 7) is 0.427. The number of rotatable bonds is 5. The van der Waals surface area contributed by atoms with Crippen LogP contribution in [0.2, 0.25) is 0 Å². The molecule has 108 valence electrons. The first-order chi connectivity index (χ1) is 10.1. The van der Waals surface area contributed by atoms with E-state index in [0.717, 1.165) is 18.4 Å². The van der Waals surface area contributed by atoms with Gasteiger partial charge in [0, 0.05) is 25.0 Å². The van der Waals surface area contributed by atoms with E-state index in [1.165, 1.54) is 0 Å². The lowest BCUT2D eigenvalue weighted by molar-refractivity contribution is 0.0697. The van der Waals surface area contributed by atoms with Gasteiger partial charge in [-0.2, -0.15) is 0 Å². The molecule has 3 rings (SSSR count). The molecule has 0 saturated heterocycles. The van der Waals surface area contributed by atoms with Gasteiger partial charge in [0.05, 0.1) is 5.56 Å². The zero-order chi connectivity index (χ0) is 14.8. The minimum Gasteiger partial charge on any atom is -0.478 e. The average molecular weight is 285 g/mol. The molecule has 1 aromatic heterocycles. The van der Waals surface area contributed by atoms with Gasteiger partial charge in [0.2, 0.25) is 0 Å². The molecule has 0 atom stereocenters. The Kier molecular flexibility index (Phi) is 3.43. The summed E-state index contributed by atoms with van der Waals surface area (Å²) in [5, 5.41) is 11.8. The molecule has 21 heavy (non-hydrogen) atoms. The molecule has 0 spiro atoms. The Balaban J connectivity index is 1.71. The maximum absolute atomic E-state index is 12.2. The average Bonchev–Trinajstić information content (AvgIpc) is 3.31. The van der Waals surface area contributed by atoms with Crippen molar-refractivity contribution < 1.29 is 9.90 Å². The van der Waals surface area contributed by atoms with Gasteiger partial charge in [0.15, 0.2) is 5.82 Å². The van der Waals surface area contributed by atoms with Crippen molar-refractivity contribution in [2.45, 2.75) is 25.4 Å². The molecule has 1 fully saturated rings. The molecule has 1 aliphatic rings. The van der Waals surface area contributed by atoms with Gasteiger partial charge in [0.25, 0.3) is 5.56 Å². The summed E-state index contributed by atoms with van der Waals surface area (Å²) < 4.78 is 1.71. The second-order valence-corrected chi connectivity index (χ2v) is 5.08. The van der Waals surface area contributed by atoms with Crippen molar-refractivity contribution in [3.8, 4) is 0 Å². The van der Waals surface area contributed by atoms with Gasteiger partial charge >= 0.3 is 5.97 Å². The van der Waals surface area contributed by atoms with Crippen LogP contribution in [0.25, 0.3) is 0 Å². The third-order valence-electron chi connectivity index (χ3n) is 3.47. The summed E-state index contributed by atoms with van der Waals surface area (Å²) in [6, 6.07) is 6.84. The Morgan fingerprint density at radius 1 is 1.33 bits per heavy atom. The molecule has 2 N–H and O–H groups in total. The molecule has 2 aromatic rings. The van der Waals surface area contributed by atoms with E-state index in [0.29, 0.717) is 18.4 Å². The van der Waals surface area contributed by atoms with E-state index < -0.39 is 5.97 Å². The Morgan fingerprint density at radius 2 is 2.05 bits per heavy atom. The summed E-state index contributed by atoms with van der Waals surface area (Å²) in [7, 11) is 0. The fraction of sp³-hybridized carbons (Fsp3) is 0.267. The van der Waals surface area contributed by atoms with Gasteiger partial charge < -0.3 is 15.0 Å². The zero-order valence-corrected chi connectivity index (χ0v) is 11.3. The quantitative estimate of drug-likeness (QED) is 0.876. The van der Waals surface area contributed by atoms with E-state index >= 15 is 0 Å². The fourth-order valence-corrected chi connectivity index (χ4v) is 2.14. The number of anilines is 1. The van der Waals surface area contributed by atoms with Crippen molar-refractivity contribution in [3.63, 3.8) is 0 Å². The van der Waals surface area contributed by atoms with Crippen LogP contribution in [0.4, 0.5) is 5.82 Å². The Labute approximate surface area is 121 Å². The second-order valence-electron chi connectivity index (χ2n) is 5.08. The number of nitrogens with zero attached hydrogens (tertiary/aromatic N) is 2. The van der Waals surface area contributed by atoms with E-state index in [9.17, 15) is 9.59 Å². The van der Waals surface area contributed by atoms with Crippen LogP contribution in [-0.4, -0.2) is 20.6 Å². The first-order valence-electron chi connectivity index (χ1n) is 6.78. The lowest BCUT2D eigenvalue weighted by atomic mass is 10.1. The van der Waals surface area contributed by atoms with Crippen LogP contribution >= 0.6 is 0 Å². The second kappa shape index (κ2) is 5.40. The van der Waals surface area contributed by atoms with Crippen molar-refractivity contribution in [1.82, 2.24) is 9.55 Å². The number of hydrogen-bond donors (Lipinski definition) is 2. The van der Waals surface area contributed by atoms with Crippen LogP contribution in [0.15, 0.2) is 41.5 Å². The molecule has 1 heterocycles. The number of hydrogen-bond acceptors (Lipinski definition) is 4. The molecule has 0 amide bonds. The number of aromatic carboxylic acids is 1. The third kappa shape index (κ3) is 2.94. The van der Waals surface area contributed by atoms with Crippen LogP contribution in [-0.2, 0) is 6.54 Å². The first kappa shape index (κ1) is 13.4. The van der Waals surface area contributed by atoms with Gasteiger partial charge in [-0.1, -0.05) is 12.1 Å². The number of carboxylic acid groups (broad SMARTS) is 1. The van der Waals surface area contributed by atoms with E-state index in [1.54, 1.807) is 41.2 Å². The van der Waals surface area contributed by atoms with Crippen molar-refractivity contribution in [3.05, 3.63) is 58.1 Å². The van der Waals surface area contributed by atoms with Gasteiger partial charge in [-0.25, -0.2) is 9.78 Å². The van der Waals surface area contributed by atoms with E-state index in [2.05, 4.69) is 10.3 Å². The van der Waals surface area contributed by atoms with Crippen molar-refractivity contribution in [2.75, 3.05) is 5.32 Å². The standard InChI is InChI=1S/C15H15N3O3/c19-14-13(16-7-8-18(14)12-5-6-12)17-9-10-1-3-11(4-2-10)15(20)21/h1-4,7-8,12H,5-6,9H2,(H,16,17)(H,20,21). The van der Waals surface area contributed by atoms with Gasteiger partial charge in [0.1, 0.15) is 0 Å². The minimum atomic E-state index is -0.952. The highest BCUT2D eigenvalue weighted by Gasteiger charge is 2.25. The Hall–Kier alpha value is -2.63. The molecule has 6 heteroatoms. The molecule has 1 aromatic carbocycles. The zero-order valence-electron chi connectivity index (χ0n) is 11.3. The molecule has 0 radical (unpaired) electrons. The summed E-state index contributed by atoms with van der Waals surface area (Å²) in [6.07, 6.45) is 5.42. The Morgan fingerprint density at radius 3 is 2.67 bits per heavy atom. The maximum Gasteiger partial charge on any atom is 0.335 e. The summed E-state index contributed by atoms with van der Waals surface area (Å²) in [5.41, 5.74) is 1.03. The lowest BCUT2D eigenvalue weighted by Gasteiger charge is -2.08. The molecular formula is C15H15N3O3. The lowest BCUT2D eigenvalue weighted by Crippen LogP contribution is -2.23. The molecule has 0 bridgehead atoms. The van der Waals surface area contributed by atoms with E-state index in [4.69, 9.17) is 5.11 Å². The number of carbonyl (C=O) groups is 1. The van der Waals surface area contributed by atoms with Crippen LogP contribution < -0.4 is 10.9 Å². The van der Waals surface area contributed by atoms with Crippen LogP contribution in [0.1, 0.15) is 34.8 Å². The van der Waals surface area contributed by atoms with Crippen molar-refractivity contribution >= 4 is 11.8 Å². The predicted octanol–water partition coefficient (Wildman–Crippen LogP) is 1.89. The number of aromatic nitrogens is 2. The number of benzene rings is 1. The summed E-state index contributed by atoms with van der Waals surface area (Å²) in [5.74, 6) is -0.627. The van der Waals surface area contributed by atoms with Crippen LogP contribution in [0.3, 0.4) is 0 Å². The minimum absolute atomic E-state index is 0.109. The SMILES string of the molecule is O=C(O)c1ccc(CNc2nccn(C3CC3)c2=O)cc1. The van der Waals surface area contributed by atoms with Crippen LogP contribution in [0.5, 0.6) is 0 Å². The fourth-order valence-electron chi connectivity index (χ4n) is 2.14. The highest BCUT2D eigenvalue weighted by molar-refractivity contribution is 5.87. The molecule has 1 aliphatic carbocycles. The first-order valence-corrected chi connectivity index (χ1v) is 6.78. The number of nitrogens with one attached hydrogen (secondary N) is 1. The van der Waals surface area contributed by atoms with Gasteiger partial charge in [-0.05, 0) is 30.5 Å². The van der Waals surface area contributed by atoms with Gasteiger partial charge in [-0.3, -0.25) is 4.79 Å². The molecule has 1 saturated carbocycles. The van der Waals surface area contributed by atoms with Crippen molar-refractivity contribution in [2.24, 2.45) is 0 Å². The third-order valence-corrected chi connectivity index (χ3v) is 3.47. The molecular weight excluding hydrogens is 270 g/mol. The summed E-state index contributed by atoms with van der Waals surface area (Å²) in [4.78, 5) is 27.0. The summed E-state index contributed by atoms with van der Waals surface area (Å²) >= 11 is 0. The molecule has 0 aliphatic heterocycles. The molecule has 0 unspecified atom stereocenters. The monoisotopic (exact) mass is 285 g/mol. The highest BCUT2D eigenvalue weighted by Crippen LogP contribution is 2.33. The number of carboxylic acids is 1. The maximum atomic E-state index is 12.2. The Bertz CT molecular complexity index is 718. The normalized spacial score (nSPS) is 13.9. The van der Waals surface area contributed by atoms with E-state index in [1.807, 2.05) is 0 Å². The smallest absolute Gasteiger partial charge is 0.335 e. The van der Waals surface area contributed by atoms with Gasteiger partial charge in [-0.15, -0.1) is 0 Å². The van der Waals surface area contributed by atoms with Crippen LogP contribution in [0, 0.1) is 0 Å². The predicted molar refractivity (Wildman–Crippen MR) is 77.5 cm³/mol. The van der Waals surface area contributed by atoms with Crippen molar-refractivity contribution in [1.29, 1.82) is 0 Å². The highest BCUT2D eigenvalue weighted by atomic mass is 16.4. The topological polar surface area (TPSA) is 84.2 Å².